The molecule has 4 heteroatoms. The molecule has 0 aliphatic carbocycles. The molecule has 0 aliphatic heterocycles. The second kappa shape index (κ2) is 6.36. The van der Waals surface area contributed by atoms with Crippen LogP contribution in [-0.4, -0.2) is 9.55 Å². The highest BCUT2D eigenvalue weighted by Crippen LogP contribution is 2.26. The maximum atomic E-state index is 4.77. The van der Waals surface area contributed by atoms with Gasteiger partial charge in [0, 0.05) is 28.4 Å². The Labute approximate surface area is 147 Å². The van der Waals surface area contributed by atoms with Crippen molar-refractivity contribution < 1.29 is 0 Å². The van der Waals surface area contributed by atoms with Gasteiger partial charge in [-0.15, -0.1) is 11.3 Å². The zero-order valence-corrected chi connectivity index (χ0v) is 15.7. The van der Waals surface area contributed by atoms with Crippen molar-refractivity contribution in [3.05, 3.63) is 69.6 Å². The van der Waals surface area contributed by atoms with Gasteiger partial charge < -0.3 is 0 Å². The molecule has 2 heterocycles. The van der Waals surface area contributed by atoms with Crippen LogP contribution in [0, 0.1) is 13.8 Å². The maximum absolute atomic E-state index is 4.77. The Kier molecular flexibility index (Phi) is 4.41. The molecule has 3 rings (SSSR count). The van der Waals surface area contributed by atoms with E-state index in [0.717, 1.165) is 16.3 Å². The molecule has 0 bridgehead atoms. The summed E-state index contributed by atoms with van der Waals surface area (Å²) < 4.78 is 2.26. The maximum Gasteiger partial charge on any atom is 0.196 e. The molecule has 0 amide bonds. The van der Waals surface area contributed by atoms with Gasteiger partial charge >= 0.3 is 0 Å². The highest BCUT2D eigenvalue weighted by atomic mass is 32.1. The molecule has 2 aromatic heterocycles. The summed E-state index contributed by atoms with van der Waals surface area (Å²) in [4.78, 5) is 10.1. The number of nitrogens with zero attached hydrogens (tertiary/aromatic N) is 3. The summed E-state index contributed by atoms with van der Waals surface area (Å²) >= 11 is 1.66. The molecule has 0 fully saturated rings. The highest BCUT2D eigenvalue weighted by molar-refractivity contribution is 7.07. The van der Waals surface area contributed by atoms with Gasteiger partial charge in [-0.25, -0.2) is 9.98 Å². The van der Waals surface area contributed by atoms with Crippen molar-refractivity contribution >= 4 is 17.2 Å². The molecular formula is C20H23N3S. The van der Waals surface area contributed by atoms with Crippen LogP contribution in [0.1, 0.15) is 37.6 Å². The van der Waals surface area contributed by atoms with Gasteiger partial charge in [0.05, 0.1) is 0 Å². The molecule has 1 aromatic carbocycles. The van der Waals surface area contributed by atoms with E-state index in [1.54, 1.807) is 17.5 Å². The summed E-state index contributed by atoms with van der Waals surface area (Å²) in [6.07, 6.45) is 1.78. The van der Waals surface area contributed by atoms with Crippen molar-refractivity contribution in [2.75, 3.05) is 0 Å². The average Bonchev–Trinajstić information content (AvgIpc) is 2.95. The van der Waals surface area contributed by atoms with Gasteiger partial charge in [-0.3, -0.25) is 4.57 Å². The molecule has 24 heavy (non-hydrogen) atoms. The van der Waals surface area contributed by atoms with Crippen LogP contribution in [0.4, 0.5) is 5.82 Å². The number of hydrogen-bond donors (Lipinski definition) is 0. The van der Waals surface area contributed by atoms with Crippen molar-refractivity contribution in [1.82, 2.24) is 9.55 Å². The van der Waals surface area contributed by atoms with E-state index >= 15 is 0 Å². The van der Waals surface area contributed by atoms with Crippen LogP contribution in [0.15, 0.2) is 53.0 Å². The molecule has 3 nitrogen and oxygen atoms in total. The summed E-state index contributed by atoms with van der Waals surface area (Å²) in [6.45, 7) is 11.0. The van der Waals surface area contributed by atoms with Crippen LogP contribution in [0.3, 0.4) is 0 Å². The highest BCUT2D eigenvalue weighted by Gasteiger charge is 2.21. The lowest BCUT2D eigenvalue weighted by Gasteiger charge is -2.21. The van der Waals surface area contributed by atoms with E-state index in [9.17, 15) is 0 Å². The normalized spacial score (nSPS) is 12.6. The summed E-state index contributed by atoms with van der Waals surface area (Å²) in [5.41, 5.74) is 5.03. The van der Waals surface area contributed by atoms with E-state index < -0.39 is 0 Å². The first-order valence-corrected chi connectivity index (χ1v) is 8.98. The smallest absolute Gasteiger partial charge is 0.196 e. The van der Waals surface area contributed by atoms with Gasteiger partial charge in [-0.2, -0.15) is 0 Å². The average molecular weight is 337 g/mol. The molecule has 0 aliphatic rings. The molecule has 3 aromatic rings. The standard InChI is InChI=1S/C20H23N3S/c1-14-9-10-16(12-15(14)2)23-17(20(3,4)5)13-24-19(23)22-18-8-6-7-11-21-18/h6-13H,1-5H3/b22-19-. The number of thiazole rings is 1. The minimum absolute atomic E-state index is 0.0349. The van der Waals surface area contributed by atoms with E-state index in [0.29, 0.717) is 0 Å². The third kappa shape index (κ3) is 3.34. The van der Waals surface area contributed by atoms with Crippen molar-refractivity contribution in [2.45, 2.75) is 40.0 Å². The molecule has 0 radical (unpaired) electrons. The minimum atomic E-state index is 0.0349. The van der Waals surface area contributed by atoms with Crippen molar-refractivity contribution in [1.29, 1.82) is 0 Å². The zero-order valence-electron chi connectivity index (χ0n) is 14.9. The molecule has 124 valence electrons. The summed E-state index contributed by atoms with van der Waals surface area (Å²) in [5.74, 6) is 0.734. The number of benzene rings is 1. The lowest BCUT2D eigenvalue weighted by molar-refractivity contribution is 0.553. The van der Waals surface area contributed by atoms with Crippen molar-refractivity contribution in [2.24, 2.45) is 4.99 Å². The molecular weight excluding hydrogens is 314 g/mol. The van der Waals surface area contributed by atoms with Crippen LogP contribution < -0.4 is 4.80 Å². The molecule has 0 atom stereocenters. The predicted octanol–water partition coefficient (Wildman–Crippen LogP) is 5.08. The summed E-state index contributed by atoms with van der Waals surface area (Å²) in [6, 6.07) is 12.4. The number of rotatable bonds is 2. The Morgan fingerprint density at radius 1 is 1.04 bits per heavy atom. The van der Waals surface area contributed by atoms with Gasteiger partial charge in [-0.05, 0) is 49.2 Å². The second-order valence-corrected chi connectivity index (χ2v) is 7.89. The zero-order chi connectivity index (χ0) is 17.3. The Balaban J connectivity index is 2.27. The topological polar surface area (TPSA) is 30.2 Å². The number of hydrogen-bond acceptors (Lipinski definition) is 3. The lowest BCUT2D eigenvalue weighted by atomic mass is 9.92. The fraction of sp³-hybridized carbons (Fsp3) is 0.300. The third-order valence-electron chi connectivity index (χ3n) is 4.08. The summed E-state index contributed by atoms with van der Waals surface area (Å²) in [5, 5.41) is 2.21. The Hall–Kier alpha value is -2.20. The lowest BCUT2D eigenvalue weighted by Crippen LogP contribution is -2.23. The summed E-state index contributed by atoms with van der Waals surface area (Å²) in [7, 11) is 0. The predicted molar refractivity (Wildman–Crippen MR) is 101 cm³/mol. The van der Waals surface area contributed by atoms with E-state index in [4.69, 9.17) is 4.99 Å². The Morgan fingerprint density at radius 3 is 2.46 bits per heavy atom. The van der Waals surface area contributed by atoms with E-state index in [-0.39, 0.29) is 5.41 Å². The van der Waals surface area contributed by atoms with E-state index in [1.165, 1.54) is 16.8 Å². The largest absolute Gasteiger partial charge is 0.289 e. The fourth-order valence-electron chi connectivity index (χ4n) is 2.54. The van der Waals surface area contributed by atoms with Gasteiger partial charge in [0.15, 0.2) is 10.6 Å². The van der Waals surface area contributed by atoms with Gasteiger partial charge in [-0.1, -0.05) is 32.9 Å². The van der Waals surface area contributed by atoms with Crippen LogP contribution in [0.25, 0.3) is 5.69 Å². The molecule has 0 spiro atoms. The first kappa shape index (κ1) is 16.7. The minimum Gasteiger partial charge on any atom is -0.289 e. The fourth-order valence-corrected chi connectivity index (χ4v) is 3.67. The van der Waals surface area contributed by atoms with Crippen LogP contribution >= 0.6 is 11.3 Å². The second-order valence-electron chi connectivity index (χ2n) is 7.06. The first-order chi connectivity index (χ1) is 11.4. The first-order valence-electron chi connectivity index (χ1n) is 8.11. The quantitative estimate of drug-likeness (QED) is 0.641. The van der Waals surface area contributed by atoms with Gasteiger partial charge in [0.25, 0.3) is 0 Å². The Bertz CT molecular complexity index is 912. The van der Waals surface area contributed by atoms with Crippen molar-refractivity contribution in [3.63, 3.8) is 0 Å². The molecule has 0 N–H and O–H groups in total. The molecule has 0 unspecified atom stereocenters. The molecule has 0 saturated carbocycles. The monoisotopic (exact) mass is 337 g/mol. The third-order valence-corrected chi connectivity index (χ3v) is 4.91. The van der Waals surface area contributed by atoms with Crippen LogP contribution in [0.5, 0.6) is 0 Å². The van der Waals surface area contributed by atoms with Crippen LogP contribution in [0.2, 0.25) is 0 Å². The molecule has 0 saturated heterocycles. The number of pyridine rings is 1. The van der Waals surface area contributed by atoms with E-state index in [1.807, 2.05) is 18.2 Å². The number of aromatic nitrogens is 2. The number of aryl methyl sites for hydroxylation is 2. The van der Waals surface area contributed by atoms with Gasteiger partial charge in [0.1, 0.15) is 0 Å². The van der Waals surface area contributed by atoms with Gasteiger partial charge in [0.2, 0.25) is 0 Å². The SMILES string of the molecule is Cc1ccc(-n2c(C(C)(C)C)cs/c2=N\c2ccccn2)cc1C. The Morgan fingerprint density at radius 2 is 1.83 bits per heavy atom. The van der Waals surface area contributed by atoms with E-state index in [2.05, 4.69) is 67.7 Å². The van der Waals surface area contributed by atoms with Crippen molar-refractivity contribution in [3.8, 4) is 5.69 Å². The van der Waals surface area contributed by atoms with Crippen LogP contribution in [-0.2, 0) is 5.41 Å².